The van der Waals surface area contributed by atoms with Crippen LogP contribution in [0, 0.1) is 6.92 Å². The van der Waals surface area contributed by atoms with Crippen LogP contribution in [0.5, 0.6) is 0 Å². The lowest BCUT2D eigenvalue weighted by Crippen LogP contribution is -2.41. The minimum Gasteiger partial charge on any atom is -0.411 e. The molecule has 11 heteroatoms. The molecule has 1 rings (SSSR count). The number of nitrogens with zero attached hydrogens (tertiary/aromatic N) is 3. The SMILES string of the molecule is Cc1nc(C=NO)cnc1C(=O)NCC(=O)NCC(F)(F)F. The number of amides is 2. The van der Waals surface area contributed by atoms with Gasteiger partial charge in [0.25, 0.3) is 5.91 Å². The molecular weight excluding hydrogens is 307 g/mol. The number of oxime groups is 1. The average Bonchev–Trinajstić information content (AvgIpc) is 2.42. The third kappa shape index (κ3) is 5.73. The molecule has 120 valence electrons. The molecule has 1 aromatic heterocycles. The zero-order valence-electron chi connectivity index (χ0n) is 11.3. The van der Waals surface area contributed by atoms with Crippen molar-refractivity contribution in [3.05, 3.63) is 23.3 Å². The summed E-state index contributed by atoms with van der Waals surface area (Å²) in [5.41, 5.74) is 0.309. The van der Waals surface area contributed by atoms with Gasteiger partial charge in [0.05, 0.1) is 24.7 Å². The first-order valence-electron chi connectivity index (χ1n) is 5.85. The molecule has 1 aromatic rings. The van der Waals surface area contributed by atoms with E-state index in [1.807, 2.05) is 0 Å². The first-order valence-corrected chi connectivity index (χ1v) is 5.85. The highest BCUT2D eigenvalue weighted by atomic mass is 19.4. The van der Waals surface area contributed by atoms with Crippen molar-refractivity contribution in [1.29, 1.82) is 0 Å². The smallest absolute Gasteiger partial charge is 0.405 e. The van der Waals surface area contributed by atoms with Gasteiger partial charge in [-0.25, -0.2) is 9.97 Å². The molecule has 0 saturated carbocycles. The number of alkyl halides is 3. The second kappa shape index (κ2) is 7.33. The zero-order chi connectivity index (χ0) is 16.8. The van der Waals surface area contributed by atoms with E-state index < -0.39 is 31.1 Å². The molecule has 0 aliphatic carbocycles. The number of aryl methyl sites for hydroxylation is 1. The molecule has 0 aliphatic rings. The van der Waals surface area contributed by atoms with Crippen molar-refractivity contribution in [3.8, 4) is 0 Å². The fraction of sp³-hybridized carbons (Fsp3) is 0.364. The van der Waals surface area contributed by atoms with E-state index in [2.05, 4.69) is 20.4 Å². The van der Waals surface area contributed by atoms with E-state index in [1.54, 1.807) is 5.32 Å². The zero-order valence-corrected chi connectivity index (χ0v) is 11.3. The Morgan fingerprint density at radius 1 is 1.41 bits per heavy atom. The molecule has 22 heavy (non-hydrogen) atoms. The number of rotatable bonds is 5. The van der Waals surface area contributed by atoms with Gasteiger partial charge in [-0.2, -0.15) is 13.2 Å². The monoisotopic (exact) mass is 319 g/mol. The number of carbonyl (C=O) groups excluding carboxylic acids is 2. The minimum atomic E-state index is -4.52. The average molecular weight is 319 g/mol. The molecule has 0 bridgehead atoms. The summed E-state index contributed by atoms with van der Waals surface area (Å²) in [6.45, 7) is -0.647. The maximum absolute atomic E-state index is 11.9. The fourth-order valence-electron chi connectivity index (χ4n) is 1.35. The molecule has 0 saturated heterocycles. The van der Waals surface area contributed by atoms with E-state index in [-0.39, 0.29) is 17.1 Å². The molecular formula is C11H12F3N5O3. The number of carbonyl (C=O) groups is 2. The highest BCUT2D eigenvalue weighted by Crippen LogP contribution is 2.11. The van der Waals surface area contributed by atoms with Crippen LogP contribution in [0.2, 0.25) is 0 Å². The van der Waals surface area contributed by atoms with Crippen LogP contribution in [0.4, 0.5) is 13.2 Å². The van der Waals surface area contributed by atoms with Crippen molar-refractivity contribution in [2.24, 2.45) is 5.16 Å². The summed E-state index contributed by atoms with van der Waals surface area (Å²) in [4.78, 5) is 30.6. The molecule has 0 fully saturated rings. The summed E-state index contributed by atoms with van der Waals surface area (Å²) >= 11 is 0. The Morgan fingerprint density at radius 3 is 2.64 bits per heavy atom. The predicted octanol–water partition coefficient (Wildman–Crippen LogP) is 0.00142. The summed E-state index contributed by atoms with van der Waals surface area (Å²) in [7, 11) is 0. The number of aromatic nitrogens is 2. The molecule has 0 radical (unpaired) electrons. The lowest BCUT2D eigenvalue weighted by atomic mass is 10.3. The van der Waals surface area contributed by atoms with Crippen LogP contribution in [-0.4, -0.2) is 52.5 Å². The Labute approximate surface area is 122 Å². The first-order chi connectivity index (χ1) is 10.2. The number of nitrogens with one attached hydrogen (secondary N) is 2. The van der Waals surface area contributed by atoms with E-state index in [4.69, 9.17) is 5.21 Å². The summed E-state index contributed by atoms with van der Waals surface area (Å²) in [6.07, 6.45) is -2.36. The van der Waals surface area contributed by atoms with Crippen LogP contribution < -0.4 is 10.6 Å². The van der Waals surface area contributed by atoms with Crippen LogP contribution in [0.15, 0.2) is 11.4 Å². The summed E-state index contributed by atoms with van der Waals surface area (Å²) in [5, 5.41) is 14.8. The second-order valence-electron chi connectivity index (χ2n) is 4.05. The standard InChI is InChI=1S/C11H12F3N5O3/c1-6-9(15-2-7(19-6)3-18-22)10(21)16-4-8(20)17-5-11(12,13)14/h2-3,22H,4-5H2,1H3,(H,16,21)(H,17,20). The molecule has 8 nitrogen and oxygen atoms in total. The minimum absolute atomic E-state index is 0.0984. The van der Waals surface area contributed by atoms with Crippen molar-refractivity contribution in [3.63, 3.8) is 0 Å². The third-order valence-electron chi connectivity index (χ3n) is 2.27. The molecule has 0 atom stereocenters. The van der Waals surface area contributed by atoms with E-state index in [0.29, 0.717) is 0 Å². The maximum atomic E-state index is 11.9. The van der Waals surface area contributed by atoms with Crippen LogP contribution >= 0.6 is 0 Å². The van der Waals surface area contributed by atoms with Crippen molar-refractivity contribution in [1.82, 2.24) is 20.6 Å². The van der Waals surface area contributed by atoms with Crippen LogP contribution in [-0.2, 0) is 4.79 Å². The maximum Gasteiger partial charge on any atom is 0.405 e. The number of halogens is 3. The molecule has 2 amide bonds. The van der Waals surface area contributed by atoms with Gasteiger partial charge in [0, 0.05) is 0 Å². The fourth-order valence-corrected chi connectivity index (χ4v) is 1.35. The van der Waals surface area contributed by atoms with Gasteiger partial charge in [-0.15, -0.1) is 0 Å². The highest BCUT2D eigenvalue weighted by Gasteiger charge is 2.27. The topological polar surface area (TPSA) is 117 Å². The lowest BCUT2D eigenvalue weighted by molar-refractivity contribution is -0.137. The predicted molar refractivity (Wildman–Crippen MR) is 67.5 cm³/mol. The molecule has 0 aliphatic heterocycles. The van der Waals surface area contributed by atoms with Gasteiger partial charge in [0.2, 0.25) is 5.91 Å². The van der Waals surface area contributed by atoms with E-state index in [0.717, 1.165) is 12.4 Å². The second-order valence-corrected chi connectivity index (χ2v) is 4.05. The Hall–Kier alpha value is -2.72. The molecule has 0 spiro atoms. The van der Waals surface area contributed by atoms with E-state index >= 15 is 0 Å². The quantitative estimate of drug-likeness (QED) is 0.401. The largest absolute Gasteiger partial charge is 0.411 e. The van der Waals surface area contributed by atoms with Crippen molar-refractivity contribution >= 4 is 18.0 Å². The Morgan fingerprint density at radius 2 is 2.09 bits per heavy atom. The van der Waals surface area contributed by atoms with Gasteiger partial charge < -0.3 is 15.8 Å². The van der Waals surface area contributed by atoms with Crippen molar-refractivity contribution < 1.29 is 28.0 Å². The molecule has 1 heterocycles. The Kier molecular flexibility index (Phi) is 5.78. The van der Waals surface area contributed by atoms with E-state index in [1.165, 1.54) is 6.92 Å². The van der Waals surface area contributed by atoms with Crippen molar-refractivity contribution in [2.45, 2.75) is 13.1 Å². The summed E-state index contributed by atoms with van der Waals surface area (Å²) in [6, 6.07) is 0. The van der Waals surface area contributed by atoms with Gasteiger partial charge in [-0.1, -0.05) is 5.16 Å². The molecule has 3 N–H and O–H groups in total. The van der Waals surface area contributed by atoms with Crippen molar-refractivity contribution in [2.75, 3.05) is 13.1 Å². The lowest BCUT2D eigenvalue weighted by Gasteiger charge is -2.09. The van der Waals surface area contributed by atoms with Crippen LogP contribution in [0.25, 0.3) is 0 Å². The van der Waals surface area contributed by atoms with Gasteiger partial charge >= 0.3 is 6.18 Å². The Balaban J connectivity index is 2.57. The first kappa shape index (κ1) is 17.3. The van der Waals surface area contributed by atoms with Gasteiger partial charge in [0.1, 0.15) is 17.9 Å². The normalized spacial score (nSPS) is 11.5. The van der Waals surface area contributed by atoms with Crippen LogP contribution in [0.3, 0.4) is 0 Å². The summed E-state index contributed by atoms with van der Waals surface area (Å²) < 4.78 is 35.7. The number of hydrogen-bond donors (Lipinski definition) is 3. The highest BCUT2D eigenvalue weighted by molar-refractivity contribution is 5.95. The van der Waals surface area contributed by atoms with Gasteiger partial charge in [0.15, 0.2) is 0 Å². The third-order valence-corrected chi connectivity index (χ3v) is 2.27. The number of hydrogen-bond acceptors (Lipinski definition) is 6. The van der Waals surface area contributed by atoms with Gasteiger partial charge in [-0.05, 0) is 6.92 Å². The van der Waals surface area contributed by atoms with Gasteiger partial charge in [-0.3, -0.25) is 9.59 Å². The molecule has 0 aromatic carbocycles. The molecule has 0 unspecified atom stereocenters. The van der Waals surface area contributed by atoms with Crippen LogP contribution in [0.1, 0.15) is 21.9 Å². The van der Waals surface area contributed by atoms with E-state index in [9.17, 15) is 22.8 Å². The Bertz CT molecular complexity index is 589. The summed E-state index contributed by atoms with van der Waals surface area (Å²) in [5.74, 6) is -1.75.